The summed E-state index contributed by atoms with van der Waals surface area (Å²) in [4.78, 5) is 0. The highest BCUT2D eigenvalue weighted by molar-refractivity contribution is 7.96. The summed E-state index contributed by atoms with van der Waals surface area (Å²) in [6.07, 6.45) is 0.954. The van der Waals surface area contributed by atoms with E-state index in [-0.39, 0.29) is 5.56 Å². The molecule has 0 amide bonds. The summed E-state index contributed by atoms with van der Waals surface area (Å²) in [5, 5.41) is -0.969. The molecule has 0 aliphatic rings. The average molecular weight is 188 g/mol. The lowest BCUT2D eigenvalue weighted by atomic mass is 10.2. The second kappa shape index (κ2) is 3.25. The van der Waals surface area contributed by atoms with Crippen molar-refractivity contribution in [2.24, 2.45) is 0 Å². The maximum Gasteiger partial charge on any atom is 0.206 e. The van der Waals surface area contributed by atoms with E-state index >= 15 is 0 Å². The Kier molecular flexibility index (Phi) is 2.49. The van der Waals surface area contributed by atoms with Crippen LogP contribution in [0.5, 0.6) is 0 Å². The molecule has 1 aromatic carbocycles. The molecule has 0 aromatic heterocycles. The van der Waals surface area contributed by atoms with E-state index in [2.05, 4.69) is 0 Å². The zero-order chi connectivity index (χ0) is 9.19. The van der Waals surface area contributed by atoms with Crippen LogP contribution in [0, 0.1) is 0 Å². The third kappa shape index (κ3) is 2.06. The molecule has 0 saturated carbocycles. The monoisotopic (exact) mass is 188 g/mol. The maximum atomic E-state index is 13.0. The third-order valence-electron chi connectivity index (χ3n) is 1.33. The number of halogens is 1. The topological polar surface area (TPSA) is 37.3 Å². The van der Waals surface area contributed by atoms with E-state index in [9.17, 15) is 8.60 Å². The first-order valence-corrected chi connectivity index (χ1v) is 5.23. The van der Waals surface area contributed by atoms with Gasteiger partial charge in [-0.2, -0.15) is 4.39 Å². The molecule has 0 saturated heterocycles. The van der Waals surface area contributed by atoms with Crippen LogP contribution in [0.3, 0.4) is 0 Å². The Morgan fingerprint density at radius 1 is 1.42 bits per heavy atom. The fourth-order valence-corrected chi connectivity index (χ4v) is 1.36. The lowest BCUT2D eigenvalue weighted by molar-refractivity contribution is 0.562. The van der Waals surface area contributed by atoms with Crippen molar-refractivity contribution < 1.29 is 13.2 Å². The molecule has 1 unspecified atom stereocenters. The van der Waals surface area contributed by atoms with Gasteiger partial charge in [-0.15, -0.1) is 0 Å². The largest absolute Gasteiger partial charge is 0.311 e. The fraction of sp³-hybridized carbons (Fsp3) is 0.125. The number of hydrogen-bond donors (Lipinski definition) is 1. The van der Waals surface area contributed by atoms with Crippen molar-refractivity contribution in [1.82, 2.24) is 0 Å². The summed E-state index contributed by atoms with van der Waals surface area (Å²) in [5.74, 6) is 0. The van der Waals surface area contributed by atoms with E-state index in [0.717, 1.165) is 6.26 Å². The van der Waals surface area contributed by atoms with Crippen LogP contribution in [0.15, 0.2) is 30.3 Å². The van der Waals surface area contributed by atoms with Crippen LogP contribution in [0.2, 0.25) is 0 Å². The maximum absolute atomic E-state index is 13.0. The summed E-state index contributed by atoms with van der Waals surface area (Å²) in [7, 11) is -3.46. The third-order valence-corrected chi connectivity index (χ3v) is 2.23. The molecular weight excluding hydrogens is 179 g/mol. The van der Waals surface area contributed by atoms with Gasteiger partial charge in [0.05, 0.1) is 0 Å². The molecule has 0 fully saturated rings. The Morgan fingerprint density at radius 2 is 1.92 bits per heavy atom. The minimum Gasteiger partial charge on any atom is -0.311 e. The molecule has 0 spiro atoms. The van der Waals surface area contributed by atoms with Gasteiger partial charge in [0, 0.05) is 11.8 Å². The molecule has 66 valence electrons. The molecule has 0 aliphatic carbocycles. The van der Waals surface area contributed by atoms with Crippen molar-refractivity contribution in [3.8, 4) is 0 Å². The van der Waals surface area contributed by atoms with E-state index in [1.807, 2.05) is 0 Å². The minimum atomic E-state index is -3.46. The van der Waals surface area contributed by atoms with Gasteiger partial charge in [-0.1, -0.05) is 30.3 Å². The highest BCUT2D eigenvalue weighted by atomic mass is 32.2. The van der Waals surface area contributed by atoms with Crippen LogP contribution in [0.25, 0.3) is 0 Å². The number of hydrogen-bond acceptors (Lipinski definition) is 1. The summed E-state index contributed by atoms with van der Waals surface area (Å²) in [5.41, 5.74) is 0.160. The normalized spacial score (nSPS) is 15.2. The Labute approximate surface area is 70.9 Å². The van der Waals surface area contributed by atoms with Gasteiger partial charge >= 0.3 is 0 Å². The van der Waals surface area contributed by atoms with Crippen LogP contribution >= 0.6 is 0 Å². The predicted molar refractivity (Wildman–Crippen MR) is 48.4 cm³/mol. The van der Waals surface area contributed by atoms with Crippen molar-refractivity contribution in [2.75, 3.05) is 6.26 Å². The SMILES string of the molecule is CS(=O)(O)=C(F)c1ccccc1. The van der Waals surface area contributed by atoms with Crippen molar-refractivity contribution >= 4 is 14.9 Å². The predicted octanol–water partition coefficient (Wildman–Crippen LogP) is 1.52. The molecule has 0 radical (unpaired) electrons. The van der Waals surface area contributed by atoms with Gasteiger partial charge < -0.3 is 4.55 Å². The smallest absolute Gasteiger partial charge is 0.206 e. The van der Waals surface area contributed by atoms with E-state index in [1.54, 1.807) is 18.2 Å². The molecule has 1 N–H and O–H groups in total. The van der Waals surface area contributed by atoms with E-state index in [4.69, 9.17) is 4.55 Å². The summed E-state index contributed by atoms with van der Waals surface area (Å²) < 4.78 is 32.7. The van der Waals surface area contributed by atoms with Gasteiger partial charge in [-0.3, -0.25) is 0 Å². The van der Waals surface area contributed by atoms with Crippen molar-refractivity contribution in [2.45, 2.75) is 0 Å². The first-order chi connectivity index (χ1) is 5.52. The molecule has 0 heterocycles. The van der Waals surface area contributed by atoms with Crippen LogP contribution in [0.4, 0.5) is 4.39 Å². The van der Waals surface area contributed by atoms with Crippen LogP contribution in [-0.4, -0.2) is 20.1 Å². The minimum absolute atomic E-state index is 0.160. The Hall–Kier alpha value is -0.870. The van der Waals surface area contributed by atoms with Gasteiger partial charge in [0.15, 0.2) is 0 Å². The molecule has 1 rings (SSSR count). The molecule has 0 aliphatic heterocycles. The zero-order valence-electron chi connectivity index (χ0n) is 6.53. The van der Waals surface area contributed by atoms with Crippen LogP contribution in [-0.2, 0) is 9.80 Å². The van der Waals surface area contributed by atoms with Gasteiger partial charge in [-0.25, -0.2) is 4.21 Å². The molecule has 1 aromatic rings. The molecular formula is C8H9FO2S. The molecule has 1 atom stereocenters. The Balaban J connectivity index is 3.28. The van der Waals surface area contributed by atoms with Crippen molar-refractivity contribution in [3.05, 3.63) is 35.9 Å². The van der Waals surface area contributed by atoms with Crippen LogP contribution in [0.1, 0.15) is 5.56 Å². The van der Waals surface area contributed by atoms with E-state index < -0.39 is 14.9 Å². The quantitative estimate of drug-likeness (QED) is 0.536. The lowest BCUT2D eigenvalue weighted by Gasteiger charge is -1.99. The molecule has 2 nitrogen and oxygen atoms in total. The zero-order valence-corrected chi connectivity index (χ0v) is 7.34. The second-order valence-electron chi connectivity index (χ2n) is 2.44. The molecule has 4 heteroatoms. The number of rotatable bonds is 1. The van der Waals surface area contributed by atoms with Crippen molar-refractivity contribution in [3.63, 3.8) is 0 Å². The van der Waals surface area contributed by atoms with Crippen LogP contribution < -0.4 is 0 Å². The highest BCUT2D eigenvalue weighted by Crippen LogP contribution is 2.04. The van der Waals surface area contributed by atoms with Gasteiger partial charge in [-0.05, 0) is 0 Å². The first-order valence-electron chi connectivity index (χ1n) is 3.31. The standard InChI is InChI=1S/C8H9FO2S/c1-12(10,11)8(9)7-5-3-2-4-6-7/h2-6H,1H3,(H,10,11). The average Bonchev–Trinajstić information content (AvgIpc) is 2.03. The second-order valence-corrected chi connectivity index (χ2v) is 4.41. The highest BCUT2D eigenvalue weighted by Gasteiger charge is 2.07. The number of benzene rings is 1. The van der Waals surface area contributed by atoms with Gasteiger partial charge in [0.2, 0.25) is 5.12 Å². The Bertz CT molecular complexity index is 369. The van der Waals surface area contributed by atoms with E-state index in [0.29, 0.717) is 0 Å². The Morgan fingerprint density at radius 3 is 2.33 bits per heavy atom. The molecule has 0 bridgehead atoms. The summed E-state index contributed by atoms with van der Waals surface area (Å²) in [6, 6.07) is 7.84. The van der Waals surface area contributed by atoms with Gasteiger partial charge in [0.1, 0.15) is 9.80 Å². The molecule has 12 heavy (non-hydrogen) atoms. The fourth-order valence-electron chi connectivity index (χ4n) is 0.788. The van der Waals surface area contributed by atoms with E-state index in [1.165, 1.54) is 12.1 Å². The summed E-state index contributed by atoms with van der Waals surface area (Å²) >= 11 is 0. The summed E-state index contributed by atoms with van der Waals surface area (Å²) in [6.45, 7) is 0. The first kappa shape index (κ1) is 9.22. The lowest BCUT2D eigenvalue weighted by Crippen LogP contribution is -2.07. The van der Waals surface area contributed by atoms with Crippen molar-refractivity contribution in [1.29, 1.82) is 0 Å². The van der Waals surface area contributed by atoms with Gasteiger partial charge in [0.25, 0.3) is 0 Å².